The Morgan fingerprint density at radius 1 is 1.39 bits per heavy atom. The summed E-state index contributed by atoms with van der Waals surface area (Å²) < 4.78 is 0. The van der Waals surface area contributed by atoms with E-state index in [1.165, 1.54) is 32.1 Å². The maximum atomic E-state index is 5.97. The predicted molar refractivity (Wildman–Crippen MR) is 78.1 cm³/mol. The van der Waals surface area contributed by atoms with Crippen molar-refractivity contribution in [3.8, 4) is 0 Å². The summed E-state index contributed by atoms with van der Waals surface area (Å²) in [4.78, 5) is 6.70. The molecule has 4 heteroatoms. The molecule has 1 atom stereocenters. The number of nitrogens with two attached hydrogens (primary N) is 1. The van der Waals surface area contributed by atoms with Gasteiger partial charge in [-0.05, 0) is 31.2 Å². The Morgan fingerprint density at radius 3 is 2.94 bits per heavy atom. The zero-order chi connectivity index (χ0) is 13.0. The molecule has 0 amide bonds. The average molecular weight is 268 g/mol. The predicted octanol–water partition coefficient (Wildman–Crippen LogP) is 3.72. The van der Waals surface area contributed by atoms with Crippen LogP contribution in [0.2, 0.25) is 5.15 Å². The molecule has 1 unspecified atom stereocenters. The molecule has 2 heterocycles. The van der Waals surface area contributed by atoms with E-state index in [2.05, 4.69) is 16.8 Å². The number of nitrogen functional groups attached to an aromatic ring is 1. The highest BCUT2D eigenvalue weighted by Gasteiger charge is 2.17. The number of anilines is 2. The quantitative estimate of drug-likeness (QED) is 0.849. The molecule has 1 aliphatic rings. The van der Waals surface area contributed by atoms with Crippen molar-refractivity contribution in [2.45, 2.75) is 39.0 Å². The third-order valence-corrected chi connectivity index (χ3v) is 3.87. The summed E-state index contributed by atoms with van der Waals surface area (Å²) >= 11 is 5.97. The molecule has 2 rings (SSSR count). The van der Waals surface area contributed by atoms with Crippen LogP contribution in [0.3, 0.4) is 0 Å². The Hall–Kier alpha value is -0.960. The standard InChI is InChI=1S/C14H22ClN3/c1-2-4-11-5-3-7-18(8-6-11)14-10-12(16)9-13(15)17-14/h9-11H,2-8H2,1H3,(H2,16,17). The van der Waals surface area contributed by atoms with Gasteiger partial charge in [-0.1, -0.05) is 31.4 Å². The van der Waals surface area contributed by atoms with Gasteiger partial charge in [-0.15, -0.1) is 0 Å². The molecule has 1 fully saturated rings. The molecule has 1 aromatic heterocycles. The minimum Gasteiger partial charge on any atom is -0.399 e. The Balaban J connectivity index is 2.05. The van der Waals surface area contributed by atoms with Gasteiger partial charge in [0.1, 0.15) is 11.0 Å². The molecule has 0 aliphatic carbocycles. The summed E-state index contributed by atoms with van der Waals surface area (Å²) in [6, 6.07) is 3.62. The third kappa shape index (κ3) is 3.52. The summed E-state index contributed by atoms with van der Waals surface area (Å²) in [6.45, 7) is 4.40. The number of hydrogen-bond donors (Lipinski definition) is 1. The van der Waals surface area contributed by atoms with Crippen LogP contribution in [-0.2, 0) is 0 Å². The number of rotatable bonds is 3. The zero-order valence-corrected chi connectivity index (χ0v) is 11.8. The second-order valence-corrected chi connectivity index (χ2v) is 5.54. The Labute approximate surface area is 114 Å². The Morgan fingerprint density at radius 2 is 2.22 bits per heavy atom. The normalized spacial score (nSPS) is 20.8. The first-order valence-electron chi connectivity index (χ1n) is 6.87. The number of halogens is 1. The van der Waals surface area contributed by atoms with E-state index < -0.39 is 0 Å². The molecule has 1 aliphatic heterocycles. The molecule has 0 radical (unpaired) electrons. The molecule has 0 spiro atoms. The lowest BCUT2D eigenvalue weighted by molar-refractivity contribution is 0.435. The average Bonchev–Trinajstić information content (AvgIpc) is 2.54. The number of pyridine rings is 1. The highest BCUT2D eigenvalue weighted by atomic mass is 35.5. The second-order valence-electron chi connectivity index (χ2n) is 5.15. The van der Waals surface area contributed by atoms with Crippen molar-refractivity contribution in [3.63, 3.8) is 0 Å². The third-order valence-electron chi connectivity index (χ3n) is 3.67. The molecule has 3 nitrogen and oxygen atoms in total. The Bertz CT molecular complexity index is 374. The van der Waals surface area contributed by atoms with E-state index in [4.69, 9.17) is 17.3 Å². The summed E-state index contributed by atoms with van der Waals surface area (Å²) in [6.07, 6.45) is 6.45. The molecular weight excluding hydrogens is 246 g/mol. The van der Waals surface area contributed by atoms with Crippen LogP contribution in [0.1, 0.15) is 39.0 Å². The molecule has 1 aromatic rings. The van der Waals surface area contributed by atoms with Gasteiger partial charge in [0.05, 0.1) is 0 Å². The number of nitrogens with zero attached hydrogens (tertiary/aromatic N) is 2. The van der Waals surface area contributed by atoms with E-state index in [9.17, 15) is 0 Å². The molecular formula is C14H22ClN3. The van der Waals surface area contributed by atoms with Crippen molar-refractivity contribution in [2.24, 2.45) is 5.92 Å². The van der Waals surface area contributed by atoms with Crippen molar-refractivity contribution in [2.75, 3.05) is 23.7 Å². The van der Waals surface area contributed by atoms with Crippen LogP contribution >= 0.6 is 11.6 Å². The van der Waals surface area contributed by atoms with Gasteiger partial charge in [-0.25, -0.2) is 4.98 Å². The lowest BCUT2D eigenvalue weighted by Crippen LogP contribution is -2.25. The molecule has 100 valence electrons. The van der Waals surface area contributed by atoms with Crippen molar-refractivity contribution in [3.05, 3.63) is 17.3 Å². The topological polar surface area (TPSA) is 42.1 Å². The fourth-order valence-electron chi connectivity index (χ4n) is 2.76. The van der Waals surface area contributed by atoms with Crippen molar-refractivity contribution < 1.29 is 0 Å². The van der Waals surface area contributed by atoms with E-state index >= 15 is 0 Å². The molecule has 0 aromatic carbocycles. The first-order valence-corrected chi connectivity index (χ1v) is 7.25. The maximum absolute atomic E-state index is 5.97. The minimum absolute atomic E-state index is 0.486. The first-order chi connectivity index (χ1) is 8.69. The second kappa shape index (κ2) is 6.28. The van der Waals surface area contributed by atoms with E-state index in [1.54, 1.807) is 6.07 Å². The SMILES string of the molecule is CCCC1CCCN(c2cc(N)cc(Cl)n2)CC1. The molecule has 0 saturated carbocycles. The van der Waals surface area contributed by atoms with Crippen LogP contribution < -0.4 is 10.6 Å². The summed E-state index contributed by atoms with van der Waals surface area (Å²) in [5, 5.41) is 0.486. The van der Waals surface area contributed by atoms with Crippen molar-refractivity contribution in [1.82, 2.24) is 4.98 Å². The van der Waals surface area contributed by atoms with Gasteiger partial charge in [0.15, 0.2) is 0 Å². The fourth-order valence-corrected chi connectivity index (χ4v) is 2.97. The van der Waals surface area contributed by atoms with E-state index in [1.807, 2.05) is 6.07 Å². The van der Waals surface area contributed by atoms with Crippen molar-refractivity contribution in [1.29, 1.82) is 0 Å². The van der Waals surface area contributed by atoms with Gasteiger partial charge in [0.25, 0.3) is 0 Å². The van der Waals surface area contributed by atoms with Crippen LogP contribution in [-0.4, -0.2) is 18.1 Å². The van der Waals surface area contributed by atoms with E-state index in [-0.39, 0.29) is 0 Å². The minimum atomic E-state index is 0.486. The zero-order valence-electron chi connectivity index (χ0n) is 11.0. The van der Waals surface area contributed by atoms with Crippen LogP contribution in [0.15, 0.2) is 12.1 Å². The van der Waals surface area contributed by atoms with E-state index in [0.29, 0.717) is 10.8 Å². The summed E-state index contributed by atoms with van der Waals surface area (Å²) in [7, 11) is 0. The highest BCUT2D eigenvalue weighted by molar-refractivity contribution is 6.29. The largest absolute Gasteiger partial charge is 0.399 e. The van der Waals surface area contributed by atoms with Gasteiger partial charge < -0.3 is 10.6 Å². The van der Waals surface area contributed by atoms with Gasteiger partial charge >= 0.3 is 0 Å². The first kappa shape index (κ1) is 13.5. The van der Waals surface area contributed by atoms with Crippen LogP contribution in [0.4, 0.5) is 11.5 Å². The van der Waals surface area contributed by atoms with E-state index in [0.717, 1.165) is 24.8 Å². The Kier molecular flexibility index (Phi) is 4.70. The van der Waals surface area contributed by atoms with Crippen molar-refractivity contribution >= 4 is 23.1 Å². The lowest BCUT2D eigenvalue weighted by atomic mass is 9.96. The molecule has 2 N–H and O–H groups in total. The summed E-state index contributed by atoms with van der Waals surface area (Å²) in [5.41, 5.74) is 6.52. The van der Waals surface area contributed by atoms with Gasteiger partial charge in [-0.2, -0.15) is 0 Å². The van der Waals surface area contributed by atoms with Gasteiger partial charge in [-0.3, -0.25) is 0 Å². The van der Waals surface area contributed by atoms with Gasteiger partial charge in [0.2, 0.25) is 0 Å². The fraction of sp³-hybridized carbons (Fsp3) is 0.643. The maximum Gasteiger partial charge on any atom is 0.133 e. The molecule has 1 saturated heterocycles. The lowest BCUT2D eigenvalue weighted by Gasteiger charge is -2.22. The van der Waals surface area contributed by atoms with Crippen LogP contribution in [0.5, 0.6) is 0 Å². The van der Waals surface area contributed by atoms with Gasteiger partial charge in [0, 0.05) is 24.8 Å². The van der Waals surface area contributed by atoms with Crippen LogP contribution in [0.25, 0.3) is 0 Å². The smallest absolute Gasteiger partial charge is 0.133 e. The molecule has 18 heavy (non-hydrogen) atoms. The molecule has 0 bridgehead atoms. The highest BCUT2D eigenvalue weighted by Crippen LogP contribution is 2.26. The summed E-state index contributed by atoms with van der Waals surface area (Å²) in [5.74, 6) is 1.80. The monoisotopic (exact) mass is 267 g/mol. The number of hydrogen-bond acceptors (Lipinski definition) is 3. The number of aromatic nitrogens is 1. The van der Waals surface area contributed by atoms with Crippen LogP contribution in [0, 0.1) is 5.92 Å².